The van der Waals surface area contributed by atoms with Crippen molar-refractivity contribution < 1.29 is 5.11 Å². The maximum atomic E-state index is 8.73. The average molecular weight is 193 g/mol. The Morgan fingerprint density at radius 1 is 1.21 bits per heavy atom. The van der Waals surface area contributed by atoms with Crippen molar-refractivity contribution >= 4 is 5.69 Å². The molecule has 0 saturated heterocycles. The minimum Gasteiger partial charge on any atom is -0.396 e. The fourth-order valence-corrected chi connectivity index (χ4v) is 1.40. The highest BCUT2D eigenvalue weighted by Crippen LogP contribution is 2.17. The zero-order valence-electron chi connectivity index (χ0n) is 9.25. The molecule has 0 saturated carbocycles. The molecule has 0 aliphatic heterocycles. The van der Waals surface area contributed by atoms with Gasteiger partial charge in [0.15, 0.2) is 0 Å². The van der Waals surface area contributed by atoms with Crippen molar-refractivity contribution in [1.82, 2.24) is 0 Å². The molecule has 0 fully saturated rings. The van der Waals surface area contributed by atoms with Crippen molar-refractivity contribution in [3.8, 4) is 0 Å². The topological polar surface area (TPSA) is 23.5 Å². The summed E-state index contributed by atoms with van der Waals surface area (Å²) in [7, 11) is 2.06. The predicted octanol–water partition coefficient (Wildman–Crippen LogP) is 2.12. The van der Waals surface area contributed by atoms with E-state index in [2.05, 4.69) is 44.0 Å². The molecule has 0 unspecified atom stereocenters. The van der Waals surface area contributed by atoms with E-state index >= 15 is 0 Å². The van der Waals surface area contributed by atoms with Gasteiger partial charge in [-0.3, -0.25) is 0 Å². The number of aliphatic hydroxyl groups is 1. The molecule has 0 spiro atoms. The monoisotopic (exact) mass is 193 g/mol. The van der Waals surface area contributed by atoms with E-state index in [0.717, 1.165) is 13.0 Å². The SMILES string of the molecule is Cc1ccc(N(C)CCCO)cc1C. The Morgan fingerprint density at radius 2 is 1.93 bits per heavy atom. The van der Waals surface area contributed by atoms with E-state index in [9.17, 15) is 0 Å². The summed E-state index contributed by atoms with van der Waals surface area (Å²) < 4.78 is 0. The lowest BCUT2D eigenvalue weighted by atomic mass is 10.1. The predicted molar refractivity (Wildman–Crippen MR) is 60.9 cm³/mol. The first-order valence-corrected chi connectivity index (χ1v) is 5.04. The summed E-state index contributed by atoms with van der Waals surface area (Å²) in [5, 5.41) is 8.73. The van der Waals surface area contributed by atoms with E-state index in [1.165, 1.54) is 16.8 Å². The van der Waals surface area contributed by atoms with Crippen molar-refractivity contribution in [2.75, 3.05) is 25.1 Å². The molecule has 0 atom stereocenters. The van der Waals surface area contributed by atoms with Crippen molar-refractivity contribution in [2.24, 2.45) is 0 Å². The van der Waals surface area contributed by atoms with Gasteiger partial charge in [0, 0.05) is 25.9 Å². The van der Waals surface area contributed by atoms with Crippen molar-refractivity contribution in [1.29, 1.82) is 0 Å². The summed E-state index contributed by atoms with van der Waals surface area (Å²) in [4.78, 5) is 2.17. The van der Waals surface area contributed by atoms with Crippen LogP contribution in [-0.4, -0.2) is 25.3 Å². The maximum Gasteiger partial charge on any atom is 0.0447 e. The molecule has 2 nitrogen and oxygen atoms in total. The van der Waals surface area contributed by atoms with Gasteiger partial charge in [-0.1, -0.05) is 6.07 Å². The Morgan fingerprint density at radius 3 is 2.50 bits per heavy atom. The quantitative estimate of drug-likeness (QED) is 0.791. The minimum absolute atomic E-state index is 0.259. The fourth-order valence-electron chi connectivity index (χ4n) is 1.40. The van der Waals surface area contributed by atoms with Crippen LogP contribution in [0.4, 0.5) is 5.69 Å². The molecule has 2 heteroatoms. The summed E-state index contributed by atoms with van der Waals surface area (Å²) in [6.45, 7) is 5.40. The average Bonchev–Trinajstić information content (AvgIpc) is 2.18. The van der Waals surface area contributed by atoms with Gasteiger partial charge < -0.3 is 10.0 Å². The maximum absolute atomic E-state index is 8.73. The van der Waals surface area contributed by atoms with Crippen LogP contribution in [-0.2, 0) is 0 Å². The molecule has 0 amide bonds. The molecule has 0 aliphatic rings. The number of anilines is 1. The van der Waals surface area contributed by atoms with Gasteiger partial charge in [-0.05, 0) is 43.5 Å². The third-order valence-corrected chi connectivity index (χ3v) is 2.58. The number of rotatable bonds is 4. The molecule has 1 N–H and O–H groups in total. The molecule has 0 aliphatic carbocycles. The van der Waals surface area contributed by atoms with Gasteiger partial charge in [0.1, 0.15) is 0 Å². The largest absolute Gasteiger partial charge is 0.396 e. The first kappa shape index (κ1) is 11.1. The Bertz CT molecular complexity index is 296. The molecule has 1 aromatic rings. The zero-order valence-corrected chi connectivity index (χ0v) is 9.25. The number of aliphatic hydroxyl groups excluding tert-OH is 1. The van der Waals surface area contributed by atoms with Crippen LogP contribution >= 0.6 is 0 Å². The second kappa shape index (κ2) is 5.01. The normalized spacial score (nSPS) is 10.3. The molecular formula is C12H19NO. The van der Waals surface area contributed by atoms with E-state index in [4.69, 9.17) is 5.11 Å². The lowest BCUT2D eigenvalue weighted by Crippen LogP contribution is -2.19. The Hall–Kier alpha value is -1.02. The lowest BCUT2D eigenvalue weighted by Gasteiger charge is -2.19. The van der Waals surface area contributed by atoms with Crippen LogP contribution in [0.1, 0.15) is 17.5 Å². The third kappa shape index (κ3) is 2.74. The van der Waals surface area contributed by atoms with Gasteiger partial charge >= 0.3 is 0 Å². The molecule has 0 radical (unpaired) electrons. The smallest absolute Gasteiger partial charge is 0.0447 e. The van der Waals surface area contributed by atoms with Gasteiger partial charge in [-0.2, -0.15) is 0 Å². The highest BCUT2D eigenvalue weighted by molar-refractivity contribution is 5.49. The van der Waals surface area contributed by atoms with Crippen molar-refractivity contribution in [3.05, 3.63) is 29.3 Å². The second-order valence-electron chi connectivity index (χ2n) is 3.77. The van der Waals surface area contributed by atoms with E-state index in [0.29, 0.717) is 0 Å². The van der Waals surface area contributed by atoms with E-state index in [-0.39, 0.29) is 6.61 Å². The van der Waals surface area contributed by atoms with E-state index in [1.54, 1.807) is 0 Å². The minimum atomic E-state index is 0.259. The van der Waals surface area contributed by atoms with Gasteiger partial charge in [-0.15, -0.1) is 0 Å². The van der Waals surface area contributed by atoms with Crippen molar-refractivity contribution in [2.45, 2.75) is 20.3 Å². The van der Waals surface area contributed by atoms with Crippen LogP contribution in [0.3, 0.4) is 0 Å². The molecular weight excluding hydrogens is 174 g/mol. The van der Waals surface area contributed by atoms with Gasteiger partial charge in [-0.25, -0.2) is 0 Å². The first-order valence-electron chi connectivity index (χ1n) is 5.04. The van der Waals surface area contributed by atoms with Crippen LogP contribution in [0.2, 0.25) is 0 Å². The number of hydrogen-bond donors (Lipinski definition) is 1. The highest BCUT2D eigenvalue weighted by atomic mass is 16.3. The Labute approximate surface area is 86.2 Å². The van der Waals surface area contributed by atoms with Crippen LogP contribution < -0.4 is 4.90 Å². The second-order valence-corrected chi connectivity index (χ2v) is 3.77. The number of hydrogen-bond acceptors (Lipinski definition) is 2. The van der Waals surface area contributed by atoms with Gasteiger partial charge in [0.05, 0.1) is 0 Å². The molecule has 1 rings (SSSR count). The lowest BCUT2D eigenvalue weighted by molar-refractivity contribution is 0.290. The van der Waals surface area contributed by atoms with E-state index < -0.39 is 0 Å². The highest BCUT2D eigenvalue weighted by Gasteiger charge is 2.01. The van der Waals surface area contributed by atoms with Crippen LogP contribution in [0.25, 0.3) is 0 Å². The molecule has 14 heavy (non-hydrogen) atoms. The van der Waals surface area contributed by atoms with Crippen LogP contribution in [0.15, 0.2) is 18.2 Å². The van der Waals surface area contributed by atoms with E-state index in [1.807, 2.05) is 0 Å². The van der Waals surface area contributed by atoms with Crippen LogP contribution in [0.5, 0.6) is 0 Å². The molecule has 0 heterocycles. The fraction of sp³-hybridized carbons (Fsp3) is 0.500. The summed E-state index contributed by atoms with van der Waals surface area (Å²) >= 11 is 0. The third-order valence-electron chi connectivity index (χ3n) is 2.58. The summed E-state index contributed by atoms with van der Waals surface area (Å²) in [5.41, 5.74) is 3.87. The molecule has 1 aromatic carbocycles. The summed E-state index contributed by atoms with van der Waals surface area (Å²) in [6, 6.07) is 6.45. The van der Waals surface area contributed by atoms with Crippen LogP contribution in [0, 0.1) is 13.8 Å². The number of aryl methyl sites for hydroxylation is 2. The summed E-state index contributed by atoms with van der Waals surface area (Å²) in [5.74, 6) is 0. The van der Waals surface area contributed by atoms with Gasteiger partial charge in [0.2, 0.25) is 0 Å². The Balaban J connectivity index is 2.70. The van der Waals surface area contributed by atoms with Gasteiger partial charge in [0.25, 0.3) is 0 Å². The standard InChI is InChI=1S/C12H19NO/c1-10-5-6-12(9-11(10)2)13(3)7-4-8-14/h5-6,9,14H,4,7-8H2,1-3H3. The number of nitrogens with zero attached hydrogens (tertiary/aromatic N) is 1. The zero-order chi connectivity index (χ0) is 10.6. The number of benzene rings is 1. The molecule has 0 bridgehead atoms. The molecule has 0 aromatic heterocycles. The Kier molecular flexibility index (Phi) is 3.96. The molecule has 78 valence electrons. The summed E-state index contributed by atoms with van der Waals surface area (Å²) in [6.07, 6.45) is 0.823. The van der Waals surface area contributed by atoms with Crippen molar-refractivity contribution in [3.63, 3.8) is 0 Å². The first-order chi connectivity index (χ1) is 6.65.